The number of carbonyl (C=O) groups is 1. The summed E-state index contributed by atoms with van der Waals surface area (Å²) in [4.78, 5) is 10.3. The summed E-state index contributed by atoms with van der Waals surface area (Å²) in [5.41, 5.74) is 0. The van der Waals surface area contributed by atoms with Crippen molar-refractivity contribution in [1.82, 2.24) is 0 Å². The van der Waals surface area contributed by atoms with Crippen LogP contribution < -0.4 is 0 Å². The lowest BCUT2D eigenvalue weighted by Gasteiger charge is -2.02. The van der Waals surface area contributed by atoms with E-state index in [2.05, 4.69) is 19.1 Å². The van der Waals surface area contributed by atoms with Crippen molar-refractivity contribution in [3.8, 4) is 0 Å². The molecule has 0 atom stereocenters. The highest BCUT2D eigenvalue weighted by Crippen LogP contribution is 2.12. The van der Waals surface area contributed by atoms with Crippen molar-refractivity contribution in [2.24, 2.45) is 0 Å². The van der Waals surface area contributed by atoms with Crippen LogP contribution in [0.25, 0.3) is 0 Å². The van der Waals surface area contributed by atoms with E-state index >= 15 is 0 Å². The molecule has 0 aliphatic carbocycles. The summed E-state index contributed by atoms with van der Waals surface area (Å²) in [6.45, 7) is 2.27. The Bertz CT molecular complexity index is 258. The number of carboxylic acids is 1. The average molecular weight is 311 g/mol. The Morgan fingerprint density at radius 2 is 1.09 bits per heavy atom. The first-order valence-corrected chi connectivity index (χ1v) is 9.64. The second kappa shape index (κ2) is 18.3. The molecule has 0 fully saturated rings. The summed E-state index contributed by atoms with van der Waals surface area (Å²) in [7, 11) is 0. The van der Waals surface area contributed by atoms with Crippen molar-refractivity contribution >= 4 is 5.97 Å². The van der Waals surface area contributed by atoms with Crippen molar-refractivity contribution in [2.45, 2.75) is 110 Å². The molecule has 0 amide bonds. The third kappa shape index (κ3) is 19.2. The van der Waals surface area contributed by atoms with E-state index in [-0.39, 0.29) is 0 Å². The normalized spacial score (nSPS) is 11.3. The summed E-state index contributed by atoms with van der Waals surface area (Å²) in [5, 5.41) is 8.51. The number of hydrogen-bond donors (Lipinski definition) is 1. The van der Waals surface area contributed by atoms with E-state index in [1.165, 1.54) is 77.0 Å². The van der Waals surface area contributed by atoms with Gasteiger partial charge >= 0.3 is 5.97 Å². The van der Waals surface area contributed by atoms with E-state index in [0.29, 0.717) is 6.42 Å². The molecule has 0 bridgehead atoms. The number of hydrogen-bond acceptors (Lipinski definition) is 1. The van der Waals surface area contributed by atoms with Crippen molar-refractivity contribution in [1.29, 1.82) is 0 Å². The van der Waals surface area contributed by atoms with Crippen LogP contribution in [0.4, 0.5) is 0 Å². The van der Waals surface area contributed by atoms with Gasteiger partial charge in [-0.2, -0.15) is 0 Å². The highest BCUT2D eigenvalue weighted by Gasteiger charge is 1.94. The molecule has 0 saturated heterocycles. The summed E-state index contributed by atoms with van der Waals surface area (Å²) < 4.78 is 0. The molecule has 0 aromatic rings. The van der Waals surface area contributed by atoms with E-state index in [1.54, 1.807) is 0 Å². The zero-order valence-electron chi connectivity index (χ0n) is 14.8. The lowest BCUT2D eigenvalue weighted by Crippen LogP contribution is -1.92. The molecule has 0 aromatic heterocycles. The number of allylic oxidation sites excluding steroid dienone is 2. The van der Waals surface area contributed by atoms with Crippen molar-refractivity contribution < 1.29 is 9.90 Å². The summed E-state index contributed by atoms with van der Waals surface area (Å²) in [5.74, 6) is -0.686. The second-order valence-corrected chi connectivity index (χ2v) is 6.44. The molecule has 0 heterocycles. The largest absolute Gasteiger partial charge is 0.481 e. The first kappa shape index (κ1) is 21.2. The fourth-order valence-electron chi connectivity index (χ4n) is 2.71. The van der Waals surface area contributed by atoms with E-state index in [9.17, 15) is 4.79 Å². The van der Waals surface area contributed by atoms with E-state index in [1.807, 2.05) is 0 Å². The number of aliphatic carboxylic acids is 1. The predicted molar refractivity (Wildman–Crippen MR) is 96.3 cm³/mol. The lowest BCUT2D eigenvalue weighted by molar-refractivity contribution is -0.137. The van der Waals surface area contributed by atoms with Crippen LogP contribution in [0.5, 0.6) is 0 Å². The number of unbranched alkanes of at least 4 members (excludes halogenated alkanes) is 13. The standard InChI is InChI=1S/C20H38O2/c1-2-3-4-5-6-7-8-9-10-11-12-13-14-15-16-17-18-19-20(21)22/h15-16H,2-14,17-19H2,1H3,(H,21,22). The molecule has 2 heteroatoms. The minimum Gasteiger partial charge on any atom is -0.481 e. The maximum Gasteiger partial charge on any atom is 0.303 e. The first-order valence-electron chi connectivity index (χ1n) is 9.64. The zero-order valence-corrected chi connectivity index (χ0v) is 14.8. The molecule has 130 valence electrons. The molecule has 0 rings (SSSR count). The molecule has 0 radical (unpaired) electrons. The van der Waals surface area contributed by atoms with Gasteiger partial charge in [-0.25, -0.2) is 0 Å². The molecule has 1 N–H and O–H groups in total. The predicted octanol–water partition coefficient (Wildman–Crippen LogP) is 6.89. The van der Waals surface area contributed by atoms with Crippen LogP contribution in [-0.4, -0.2) is 11.1 Å². The molecule has 0 aromatic carbocycles. The Balaban J connectivity index is 3.05. The number of carboxylic acid groups (broad SMARTS) is 1. The Morgan fingerprint density at radius 1 is 0.682 bits per heavy atom. The molecule has 22 heavy (non-hydrogen) atoms. The Morgan fingerprint density at radius 3 is 1.55 bits per heavy atom. The molecule has 0 aliphatic heterocycles. The highest BCUT2D eigenvalue weighted by molar-refractivity contribution is 5.66. The molecular weight excluding hydrogens is 272 g/mol. The maximum absolute atomic E-state index is 10.3. The van der Waals surface area contributed by atoms with Gasteiger partial charge in [-0.15, -0.1) is 0 Å². The van der Waals surface area contributed by atoms with Gasteiger partial charge in [0.05, 0.1) is 0 Å². The van der Waals surface area contributed by atoms with Gasteiger partial charge in [0.2, 0.25) is 0 Å². The van der Waals surface area contributed by atoms with Gasteiger partial charge in [-0.05, 0) is 25.7 Å². The highest BCUT2D eigenvalue weighted by atomic mass is 16.4. The van der Waals surface area contributed by atoms with E-state index in [4.69, 9.17) is 5.11 Å². The van der Waals surface area contributed by atoms with Crippen LogP contribution in [0.3, 0.4) is 0 Å². The van der Waals surface area contributed by atoms with Crippen LogP contribution in [0.15, 0.2) is 12.2 Å². The fourth-order valence-corrected chi connectivity index (χ4v) is 2.71. The van der Waals surface area contributed by atoms with Crippen molar-refractivity contribution in [2.75, 3.05) is 0 Å². The first-order chi connectivity index (χ1) is 10.8. The monoisotopic (exact) mass is 310 g/mol. The molecule has 0 aliphatic rings. The molecule has 2 nitrogen and oxygen atoms in total. The van der Waals surface area contributed by atoms with Gasteiger partial charge in [0, 0.05) is 6.42 Å². The van der Waals surface area contributed by atoms with Gasteiger partial charge in [-0.3, -0.25) is 4.79 Å². The van der Waals surface area contributed by atoms with Gasteiger partial charge in [0.25, 0.3) is 0 Å². The SMILES string of the molecule is CCCCCCCCCCCCCCC=CCCCC(=O)O. The van der Waals surface area contributed by atoms with Gasteiger partial charge in [-0.1, -0.05) is 89.7 Å². The fraction of sp³-hybridized carbons (Fsp3) is 0.850. The van der Waals surface area contributed by atoms with Gasteiger partial charge < -0.3 is 5.11 Å². The van der Waals surface area contributed by atoms with Crippen molar-refractivity contribution in [3.05, 3.63) is 12.2 Å². The van der Waals surface area contributed by atoms with Crippen LogP contribution >= 0.6 is 0 Å². The molecule has 0 saturated carbocycles. The topological polar surface area (TPSA) is 37.3 Å². The minimum atomic E-state index is -0.686. The Labute approximate surface area is 138 Å². The molecule has 0 spiro atoms. The smallest absolute Gasteiger partial charge is 0.303 e. The van der Waals surface area contributed by atoms with Crippen LogP contribution in [0.1, 0.15) is 110 Å². The number of rotatable bonds is 17. The summed E-state index contributed by atoms with van der Waals surface area (Å²) in [6, 6.07) is 0. The third-order valence-electron chi connectivity index (χ3n) is 4.15. The average Bonchev–Trinajstić information content (AvgIpc) is 2.50. The Kier molecular flexibility index (Phi) is 17.6. The van der Waals surface area contributed by atoms with Crippen LogP contribution in [0.2, 0.25) is 0 Å². The summed E-state index contributed by atoms with van der Waals surface area (Å²) in [6.07, 6.45) is 24.2. The van der Waals surface area contributed by atoms with Gasteiger partial charge in [0.1, 0.15) is 0 Å². The minimum absolute atomic E-state index is 0.295. The van der Waals surface area contributed by atoms with E-state index in [0.717, 1.165) is 19.3 Å². The Hall–Kier alpha value is -0.790. The van der Waals surface area contributed by atoms with E-state index < -0.39 is 5.97 Å². The quantitative estimate of drug-likeness (QED) is 0.234. The second-order valence-electron chi connectivity index (χ2n) is 6.44. The van der Waals surface area contributed by atoms with Crippen LogP contribution in [-0.2, 0) is 4.79 Å². The van der Waals surface area contributed by atoms with Crippen molar-refractivity contribution in [3.63, 3.8) is 0 Å². The summed E-state index contributed by atoms with van der Waals surface area (Å²) >= 11 is 0. The molecule has 0 unspecified atom stereocenters. The third-order valence-corrected chi connectivity index (χ3v) is 4.15. The van der Waals surface area contributed by atoms with Gasteiger partial charge in [0.15, 0.2) is 0 Å². The molecular formula is C20H38O2. The van der Waals surface area contributed by atoms with Crippen LogP contribution in [0, 0.1) is 0 Å². The zero-order chi connectivity index (χ0) is 16.3. The lowest BCUT2D eigenvalue weighted by atomic mass is 10.0. The maximum atomic E-state index is 10.3.